The van der Waals surface area contributed by atoms with Crippen molar-refractivity contribution in [3.8, 4) is 5.75 Å². The molecule has 2 rings (SSSR count). The van der Waals surface area contributed by atoms with Crippen LogP contribution in [0.1, 0.15) is 16.1 Å². The van der Waals surface area contributed by atoms with E-state index >= 15 is 0 Å². The van der Waals surface area contributed by atoms with E-state index in [1.54, 1.807) is 25.3 Å². The first-order valence-electron chi connectivity index (χ1n) is 5.16. The normalized spacial score (nSPS) is 10.1. The van der Waals surface area contributed by atoms with E-state index in [9.17, 15) is 4.79 Å². The minimum absolute atomic E-state index is 0.0368. The molecule has 7 nitrogen and oxygen atoms in total. The summed E-state index contributed by atoms with van der Waals surface area (Å²) in [5, 5.41) is 9.44. The Labute approximate surface area is 103 Å². The van der Waals surface area contributed by atoms with Crippen LogP contribution in [0.4, 0.5) is 11.5 Å². The van der Waals surface area contributed by atoms with Crippen LogP contribution in [-0.4, -0.2) is 23.3 Å². The van der Waals surface area contributed by atoms with Gasteiger partial charge < -0.3 is 15.8 Å². The SMILES string of the molecule is COc1ccc(NC(=O)c2nonc2N)c(C)c1. The number of nitrogens with one attached hydrogen (secondary N) is 1. The lowest BCUT2D eigenvalue weighted by Crippen LogP contribution is -2.15. The van der Waals surface area contributed by atoms with Gasteiger partial charge in [0.15, 0.2) is 0 Å². The molecule has 7 heteroatoms. The Morgan fingerprint density at radius 3 is 2.78 bits per heavy atom. The van der Waals surface area contributed by atoms with Crippen LogP contribution in [0.3, 0.4) is 0 Å². The monoisotopic (exact) mass is 248 g/mol. The van der Waals surface area contributed by atoms with Crippen LogP contribution in [-0.2, 0) is 0 Å². The number of aromatic nitrogens is 2. The van der Waals surface area contributed by atoms with Gasteiger partial charge in [0.1, 0.15) is 5.75 Å². The number of ether oxygens (including phenoxy) is 1. The molecule has 1 aromatic heterocycles. The van der Waals surface area contributed by atoms with Crippen LogP contribution in [0.2, 0.25) is 0 Å². The number of nitrogens with zero attached hydrogens (tertiary/aromatic N) is 2. The molecule has 0 saturated carbocycles. The number of carbonyl (C=O) groups excluding carboxylic acids is 1. The van der Waals surface area contributed by atoms with E-state index in [1.165, 1.54) is 0 Å². The van der Waals surface area contributed by atoms with E-state index in [2.05, 4.69) is 20.3 Å². The van der Waals surface area contributed by atoms with E-state index in [4.69, 9.17) is 10.5 Å². The van der Waals surface area contributed by atoms with Crippen molar-refractivity contribution in [1.29, 1.82) is 0 Å². The van der Waals surface area contributed by atoms with Gasteiger partial charge in [0.05, 0.1) is 7.11 Å². The lowest BCUT2D eigenvalue weighted by molar-refractivity contribution is 0.101. The maximum absolute atomic E-state index is 11.8. The Bertz CT molecular complexity index is 579. The minimum Gasteiger partial charge on any atom is -0.497 e. The topological polar surface area (TPSA) is 103 Å². The molecular formula is C11H12N4O3. The Kier molecular flexibility index (Phi) is 3.13. The molecule has 0 saturated heterocycles. The molecule has 2 aromatic rings. The third-order valence-electron chi connectivity index (χ3n) is 2.41. The van der Waals surface area contributed by atoms with Gasteiger partial charge in [-0.15, -0.1) is 0 Å². The zero-order chi connectivity index (χ0) is 13.1. The smallest absolute Gasteiger partial charge is 0.281 e. The van der Waals surface area contributed by atoms with E-state index in [0.29, 0.717) is 11.4 Å². The molecule has 0 aliphatic heterocycles. The maximum Gasteiger partial charge on any atom is 0.281 e. The number of carbonyl (C=O) groups is 1. The Morgan fingerprint density at radius 1 is 1.44 bits per heavy atom. The van der Waals surface area contributed by atoms with Crippen molar-refractivity contribution >= 4 is 17.4 Å². The van der Waals surface area contributed by atoms with Gasteiger partial charge in [0, 0.05) is 5.69 Å². The molecule has 0 radical (unpaired) electrons. The van der Waals surface area contributed by atoms with E-state index in [-0.39, 0.29) is 11.5 Å². The van der Waals surface area contributed by atoms with E-state index in [1.807, 2.05) is 6.92 Å². The molecule has 1 amide bonds. The van der Waals surface area contributed by atoms with Crippen molar-refractivity contribution in [1.82, 2.24) is 10.3 Å². The average Bonchev–Trinajstić information content (AvgIpc) is 2.78. The van der Waals surface area contributed by atoms with Gasteiger partial charge in [-0.3, -0.25) is 4.79 Å². The third kappa shape index (κ3) is 2.24. The van der Waals surface area contributed by atoms with Gasteiger partial charge in [-0.05, 0) is 41.0 Å². The Hall–Kier alpha value is -2.57. The van der Waals surface area contributed by atoms with Gasteiger partial charge >= 0.3 is 0 Å². The zero-order valence-electron chi connectivity index (χ0n) is 9.93. The zero-order valence-corrected chi connectivity index (χ0v) is 9.93. The largest absolute Gasteiger partial charge is 0.497 e. The van der Waals surface area contributed by atoms with Crippen LogP contribution in [0, 0.1) is 6.92 Å². The van der Waals surface area contributed by atoms with Crippen LogP contribution in [0.15, 0.2) is 22.8 Å². The van der Waals surface area contributed by atoms with Crippen molar-refractivity contribution in [2.75, 3.05) is 18.2 Å². The molecule has 94 valence electrons. The number of nitrogens with two attached hydrogens (primary N) is 1. The molecule has 18 heavy (non-hydrogen) atoms. The highest BCUT2D eigenvalue weighted by Gasteiger charge is 2.16. The highest BCUT2D eigenvalue weighted by Crippen LogP contribution is 2.21. The number of hydrogen-bond acceptors (Lipinski definition) is 6. The molecule has 0 spiro atoms. The molecule has 0 aliphatic carbocycles. The second kappa shape index (κ2) is 4.74. The number of nitrogen functional groups attached to an aromatic ring is 1. The lowest BCUT2D eigenvalue weighted by atomic mass is 10.2. The van der Waals surface area contributed by atoms with E-state index < -0.39 is 5.91 Å². The van der Waals surface area contributed by atoms with Crippen molar-refractivity contribution in [3.63, 3.8) is 0 Å². The molecule has 0 aliphatic rings. The predicted octanol–water partition coefficient (Wildman–Crippen LogP) is 1.22. The summed E-state index contributed by atoms with van der Waals surface area (Å²) in [4.78, 5) is 11.8. The van der Waals surface area contributed by atoms with Crippen molar-refractivity contribution < 1.29 is 14.2 Å². The first kappa shape index (κ1) is 11.9. The average molecular weight is 248 g/mol. The fourth-order valence-electron chi connectivity index (χ4n) is 1.44. The third-order valence-corrected chi connectivity index (χ3v) is 2.41. The summed E-state index contributed by atoms with van der Waals surface area (Å²) in [6, 6.07) is 5.28. The van der Waals surface area contributed by atoms with Crippen molar-refractivity contribution in [2.45, 2.75) is 6.92 Å². The molecule has 1 heterocycles. The predicted molar refractivity (Wildman–Crippen MR) is 64.4 cm³/mol. The number of anilines is 2. The molecule has 0 fully saturated rings. The number of rotatable bonds is 3. The highest BCUT2D eigenvalue weighted by molar-refractivity contribution is 6.05. The minimum atomic E-state index is -0.470. The maximum atomic E-state index is 11.8. The summed E-state index contributed by atoms with van der Waals surface area (Å²) >= 11 is 0. The summed E-state index contributed by atoms with van der Waals surface area (Å²) in [5.41, 5.74) is 6.89. The fraction of sp³-hybridized carbons (Fsp3) is 0.182. The standard InChI is InChI=1S/C11H12N4O3/c1-6-5-7(17-2)3-4-8(6)13-11(16)9-10(12)15-18-14-9/h3-5H,1-2H3,(H2,12,15)(H,13,16). The summed E-state index contributed by atoms with van der Waals surface area (Å²) < 4.78 is 9.44. The molecule has 1 aromatic carbocycles. The quantitative estimate of drug-likeness (QED) is 0.846. The number of benzene rings is 1. The van der Waals surface area contributed by atoms with Gasteiger partial charge in [0.25, 0.3) is 5.91 Å². The van der Waals surface area contributed by atoms with E-state index in [0.717, 1.165) is 5.56 Å². The van der Waals surface area contributed by atoms with Crippen molar-refractivity contribution in [2.24, 2.45) is 0 Å². The first-order chi connectivity index (χ1) is 8.61. The molecule has 0 bridgehead atoms. The van der Waals surface area contributed by atoms with Crippen molar-refractivity contribution in [3.05, 3.63) is 29.5 Å². The Balaban J connectivity index is 2.20. The number of methoxy groups -OCH3 is 1. The second-order valence-electron chi connectivity index (χ2n) is 3.63. The summed E-state index contributed by atoms with van der Waals surface area (Å²) in [6.07, 6.45) is 0. The fourth-order valence-corrected chi connectivity index (χ4v) is 1.44. The van der Waals surface area contributed by atoms with Crippen LogP contribution in [0.25, 0.3) is 0 Å². The van der Waals surface area contributed by atoms with Crippen LogP contribution < -0.4 is 15.8 Å². The summed E-state index contributed by atoms with van der Waals surface area (Å²) in [5.74, 6) is 0.203. The van der Waals surface area contributed by atoms with Crippen LogP contribution in [0.5, 0.6) is 5.75 Å². The number of aryl methyl sites for hydroxylation is 1. The Morgan fingerprint density at radius 2 is 2.22 bits per heavy atom. The molecular weight excluding hydrogens is 236 g/mol. The molecule has 0 unspecified atom stereocenters. The van der Waals surface area contributed by atoms with Gasteiger partial charge in [-0.1, -0.05) is 0 Å². The number of hydrogen-bond donors (Lipinski definition) is 2. The summed E-state index contributed by atoms with van der Waals surface area (Å²) in [6.45, 7) is 1.85. The summed E-state index contributed by atoms with van der Waals surface area (Å²) in [7, 11) is 1.58. The van der Waals surface area contributed by atoms with Crippen LogP contribution >= 0.6 is 0 Å². The molecule has 3 N–H and O–H groups in total. The highest BCUT2D eigenvalue weighted by atomic mass is 16.6. The number of amides is 1. The molecule has 0 atom stereocenters. The first-order valence-corrected chi connectivity index (χ1v) is 5.16. The van der Waals surface area contributed by atoms with Gasteiger partial charge in [-0.2, -0.15) is 0 Å². The lowest BCUT2D eigenvalue weighted by Gasteiger charge is -2.08. The van der Waals surface area contributed by atoms with Gasteiger partial charge in [-0.25, -0.2) is 4.63 Å². The van der Waals surface area contributed by atoms with Gasteiger partial charge in [0.2, 0.25) is 11.5 Å². The second-order valence-corrected chi connectivity index (χ2v) is 3.63.